The van der Waals surface area contributed by atoms with Crippen molar-refractivity contribution in [2.24, 2.45) is 0 Å². The van der Waals surface area contributed by atoms with Gasteiger partial charge in [0.15, 0.2) is 0 Å². The van der Waals surface area contributed by atoms with Gasteiger partial charge in [0.1, 0.15) is 17.9 Å². The van der Waals surface area contributed by atoms with Gasteiger partial charge in [0.05, 0.1) is 5.69 Å². The van der Waals surface area contributed by atoms with Crippen LogP contribution in [0.4, 0.5) is 13.2 Å². The van der Waals surface area contributed by atoms with E-state index >= 15 is 0 Å². The Morgan fingerprint density at radius 3 is 2.46 bits per heavy atom. The Morgan fingerprint density at radius 2 is 1.83 bits per heavy atom. The average Bonchev–Trinajstić information content (AvgIpc) is 2.99. The van der Waals surface area contributed by atoms with Gasteiger partial charge in [0, 0.05) is 17.8 Å². The first kappa shape index (κ1) is 16.1. The van der Waals surface area contributed by atoms with E-state index in [0.29, 0.717) is 11.3 Å². The SMILES string of the molecule is Cc1ccc(-c2cc(C(F)(F)F)c(OCc3ccccn3)o2)cc1. The lowest BCUT2D eigenvalue weighted by atomic mass is 10.1. The fourth-order valence-corrected chi connectivity index (χ4v) is 2.16. The number of hydrogen-bond acceptors (Lipinski definition) is 3. The number of nitrogens with zero attached hydrogens (tertiary/aromatic N) is 1. The van der Waals surface area contributed by atoms with Gasteiger partial charge in [-0.05, 0) is 19.1 Å². The second-order valence-corrected chi connectivity index (χ2v) is 5.29. The van der Waals surface area contributed by atoms with Crippen LogP contribution in [0.5, 0.6) is 5.95 Å². The normalized spacial score (nSPS) is 11.5. The summed E-state index contributed by atoms with van der Waals surface area (Å²) in [7, 11) is 0. The molecule has 124 valence electrons. The van der Waals surface area contributed by atoms with Crippen LogP contribution < -0.4 is 4.74 Å². The summed E-state index contributed by atoms with van der Waals surface area (Å²) in [6, 6.07) is 13.1. The van der Waals surface area contributed by atoms with Gasteiger partial charge in [-0.25, -0.2) is 0 Å². The molecular formula is C18H14F3NO2. The third-order valence-electron chi connectivity index (χ3n) is 3.42. The first-order chi connectivity index (χ1) is 11.4. The molecule has 3 rings (SSSR count). The minimum Gasteiger partial charge on any atom is -0.458 e. The fraction of sp³-hybridized carbons (Fsp3) is 0.167. The molecule has 0 amide bonds. The third-order valence-corrected chi connectivity index (χ3v) is 3.42. The molecule has 2 aromatic heterocycles. The summed E-state index contributed by atoms with van der Waals surface area (Å²) in [6.07, 6.45) is -3.02. The molecule has 0 saturated heterocycles. The van der Waals surface area contributed by atoms with Crippen LogP contribution in [0.2, 0.25) is 0 Å². The summed E-state index contributed by atoms with van der Waals surface area (Å²) in [5.41, 5.74) is 1.14. The van der Waals surface area contributed by atoms with Gasteiger partial charge in [-0.2, -0.15) is 13.2 Å². The number of aryl methyl sites for hydroxylation is 1. The number of hydrogen-bond donors (Lipinski definition) is 0. The largest absolute Gasteiger partial charge is 0.458 e. The number of furan rings is 1. The summed E-state index contributed by atoms with van der Waals surface area (Å²) < 4.78 is 50.2. The van der Waals surface area contributed by atoms with Crippen LogP contribution >= 0.6 is 0 Å². The van der Waals surface area contributed by atoms with Crippen molar-refractivity contribution in [3.63, 3.8) is 0 Å². The predicted octanol–water partition coefficient (Wildman–Crippen LogP) is 5.25. The maximum Gasteiger partial charge on any atom is 0.423 e. The Morgan fingerprint density at radius 1 is 1.08 bits per heavy atom. The number of benzene rings is 1. The smallest absolute Gasteiger partial charge is 0.423 e. The van der Waals surface area contributed by atoms with E-state index in [9.17, 15) is 13.2 Å². The topological polar surface area (TPSA) is 35.3 Å². The maximum atomic E-state index is 13.2. The van der Waals surface area contributed by atoms with Crippen molar-refractivity contribution < 1.29 is 22.3 Å². The summed E-state index contributed by atoms with van der Waals surface area (Å²) in [5.74, 6) is -0.443. The summed E-state index contributed by atoms with van der Waals surface area (Å²) >= 11 is 0. The molecule has 2 heterocycles. The molecule has 0 saturated carbocycles. The van der Waals surface area contributed by atoms with Crippen LogP contribution in [0, 0.1) is 6.92 Å². The zero-order chi connectivity index (χ0) is 17.2. The third kappa shape index (κ3) is 3.59. The molecule has 0 radical (unpaired) electrons. The molecule has 0 atom stereocenters. The van der Waals surface area contributed by atoms with E-state index < -0.39 is 17.7 Å². The molecule has 24 heavy (non-hydrogen) atoms. The van der Waals surface area contributed by atoms with Crippen molar-refractivity contribution in [3.8, 4) is 17.3 Å². The van der Waals surface area contributed by atoms with E-state index in [2.05, 4.69) is 4.98 Å². The first-order valence-corrected chi connectivity index (χ1v) is 7.24. The molecule has 0 spiro atoms. The van der Waals surface area contributed by atoms with Crippen LogP contribution in [-0.4, -0.2) is 4.98 Å². The number of pyridine rings is 1. The number of rotatable bonds is 4. The zero-order valence-corrected chi connectivity index (χ0v) is 12.8. The molecule has 0 aliphatic carbocycles. The van der Waals surface area contributed by atoms with Gasteiger partial charge in [-0.15, -0.1) is 0 Å². The van der Waals surface area contributed by atoms with E-state index in [1.165, 1.54) is 0 Å². The molecule has 0 fully saturated rings. The highest BCUT2D eigenvalue weighted by molar-refractivity contribution is 5.60. The Balaban J connectivity index is 1.90. The first-order valence-electron chi connectivity index (χ1n) is 7.24. The number of halogens is 3. The van der Waals surface area contributed by atoms with Crippen molar-refractivity contribution in [1.29, 1.82) is 0 Å². The lowest BCUT2D eigenvalue weighted by molar-refractivity contribution is -0.139. The predicted molar refractivity (Wildman–Crippen MR) is 82.5 cm³/mol. The van der Waals surface area contributed by atoms with Gasteiger partial charge >= 0.3 is 6.18 Å². The van der Waals surface area contributed by atoms with Crippen LogP contribution in [0.3, 0.4) is 0 Å². The van der Waals surface area contributed by atoms with E-state index in [0.717, 1.165) is 11.6 Å². The minimum atomic E-state index is -4.56. The molecule has 0 bridgehead atoms. The molecule has 0 unspecified atom stereocenters. The molecule has 6 heteroatoms. The minimum absolute atomic E-state index is 0.106. The molecule has 0 aliphatic rings. The fourth-order valence-electron chi connectivity index (χ4n) is 2.16. The van der Waals surface area contributed by atoms with E-state index in [1.807, 2.05) is 6.92 Å². The lowest BCUT2D eigenvalue weighted by Gasteiger charge is -2.07. The second-order valence-electron chi connectivity index (χ2n) is 5.29. The molecule has 0 N–H and O–H groups in total. The van der Waals surface area contributed by atoms with Gasteiger partial charge in [-0.3, -0.25) is 4.98 Å². The highest BCUT2D eigenvalue weighted by atomic mass is 19.4. The monoisotopic (exact) mass is 333 g/mol. The summed E-state index contributed by atoms with van der Waals surface area (Å²) in [6.45, 7) is 1.79. The van der Waals surface area contributed by atoms with Crippen molar-refractivity contribution in [2.75, 3.05) is 0 Å². The van der Waals surface area contributed by atoms with E-state index in [-0.39, 0.29) is 12.4 Å². The van der Waals surface area contributed by atoms with Crippen LogP contribution in [0.25, 0.3) is 11.3 Å². The Labute approximate surface area is 136 Å². The van der Waals surface area contributed by atoms with E-state index in [1.54, 1.807) is 48.7 Å². The molecule has 0 aliphatic heterocycles. The Kier molecular flexibility index (Phi) is 4.29. The van der Waals surface area contributed by atoms with E-state index in [4.69, 9.17) is 9.15 Å². The molecule has 3 aromatic rings. The summed E-state index contributed by atoms with van der Waals surface area (Å²) in [5, 5.41) is 0. The number of alkyl halides is 3. The van der Waals surface area contributed by atoms with Gasteiger partial charge in [-0.1, -0.05) is 35.9 Å². The van der Waals surface area contributed by atoms with Gasteiger partial charge in [0.25, 0.3) is 5.95 Å². The average molecular weight is 333 g/mol. The highest BCUT2D eigenvalue weighted by Gasteiger charge is 2.38. The van der Waals surface area contributed by atoms with Crippen LogP contribution in [-0.2, 0) is 12.8 Å². The standard InChI is InChI=1S/C18H14F3NO2/c1-12-5-7-13(8-6-12)16-10-15(18(19,20)21)17(24-16)23-11-14-4-2-3-9-22-14/h2-10H,11H2,1H3. The van der Waals surface area contributed by atoms with Crippen molar-refractivity contribution in [2.45, 2.75) is 19.7 Å². The summed E-state index contributed by atoms with van der Waals surface area (Å²) in [4.78, 5) is 4.01. The molecule has 3 nitrogen and oxygen atoms in total. The van der Waals surface area contributed by atoms with Crippen molar-refractivity contribution in [1.82, 2.24) is 4.98 Å². The molecule has 1 aromatic carbocycles. The van der Waals surface area contributed by atoms with Crippen LogP contribution in [0.15, 0.2) is 59.1 Å². The second kappa shape index (κ2) is 6.39. The number of ether oxygens (including phenoxy) is 1. The Bertz CT molecular complexity index is 809. The number of aromatic nitrogens is 1. The maximum absolute atomic E-state index is 13.2. The Hall–Kier alpha value is -2.76. The molecular weight excluding hydrogens is 319 g/mol. The van der Waals surface area contributed by atoms with Crippen molar-refractivity contribution in [3.05, 3.63) is 71.5 Å². The highest BCUT2D eigenvalue weighted by Crippen LogP contribution is 2.41. The quantitative estimate of drug-likeness (QED) is 0.654. The van der Waals surface area contributed by atoms with Crippen LogP contribution in [0.1, 0.15) is 16.8 Å². The van der Waals surface area contributed by atoms with Gasteiger partial charge < -0.3 is 9.15 Å². The van der Waals surface area contributed by atoms with Gasteiger partial charge in [0.2, 0.25) is 0 Å². The lowest BCUT2D eigenvalue weighted by Crippen LogP contribution is -2.06. The zero-order valence-electron chi connectivity index (χ0n) is 12.8. The van der Waals surface area contributed by atoms with Crippen molar-refractivity contribution >= 4 is 0 Å².